The molecule has 94 valence electrons. The second-order valence-electron chi connectivity index (χ2n) is 3.73. The highest BCUT2D eigenvalue weighted by Gasteiger charge is 2.24. The highest BCUT2D eigenvalue weighted by atomic mass is 16.6. The van der Waals surface area contributed by atoms with E-state index in [1.165, 1.54) is 0 Å². The van der Waals surface area contributed by atoms with E-state index >= 15 is 0 Å². The van der Waals surface area contributed by atoms with Gasteiger partial charge in [0.25, 0.3) is 0 Å². The molecule has 1 heterocycles. The lowest BCUT2D eigenvalue weighted by Crippen LogP contribution is -2.21. The van der Waals surface area contributed by atoms with E-state index in [-0.39, 0.29) is 5.69 Å². The van der Waals surface area contributed by atoms with Gasteiger partial charge < -0.3 is 10.2 Å². The van der Waals surface area contributed by atoms with E-state index in [0.717, 1.165) is 6.42 Å². The van der Waals surface area contributed by atoms with Crippen molar-refractivity contribution in [2.24, 2.45) is 0 Å². The van der Waals surface area contributed by atoms with Crippen LogP contribution in [0.2, 0.25) is 0 Å². The molecule has 0 bridgehead atoms. The predicted octanol–water partition coefficient (Wildman–Crippen LogP) is 1.58. The fourth-order valence-corrected chi connectivity index (χ4v) is 1.58. The molecule has 7 nitrogen and oxygen atoms in total. The fraction of sp³-hybridized carbons (Fsp3) is 0.600. The first kappa shape index (κ1) is 13.1. The van der Waals surface area contributed by atoms with Gasteiger partial charge in [-0.2, -0.15) is 4.98 Å². The van der Waals surface area contributed by atoms with Crippen molar-refractivity contribution in [2.75, 3.05) is 30.9 Å². The Hall–Kier alpha value is -1.92. The summed E-state index contributed by atoms with van der Waals surface area (Å²) in [5.74, 6) is 0.750. The number of nitrogens with zero attached hydrogens (tertiary/aromatic N) is 4. The van der Waals surface area contributed by atoms with Crippen LogP contribution in [0.4, 0.5) is 17.5 Å². The summed E-state index contributed by atoms with van der Waals surface area (Å²) in [5, 5.41) is 13.8. The number of nitro groups is 1. The summed E-state index contributed by atoms with van der Waals surface area (Å²) in [5.41, 5.74) is 0.340. The van der Waals surface area contributed by atoms with E-state index in [9.17, 15) is 10.1 Å². The Balaban J connectivity index is 3.31. The molecule has 0 saturated carbocycles. The third-order valence-electron chi connectivity index (χ3n) is 2.37. The van der Waals surface area contributed by atoms with Crippen molar-refractivity contribution in [3.8, 4) is 0 Å². The van der Waals surface area contributed by atoms with Gasteiger partial charge in [0.1, 0.15) is 5.69 Å². The van der Waals surface area contributed by atoms with Crippen LogP contribution in [0, 0.1) is 17.0 Å². The maximum Gasteiger partial charge on any atom is 0.332 e. The monoisotopic (exact) mass is 239 g/mol. The fourth-order valence-electron chi connectivity index (χ4n) is 1.58. The normalized spacial score (nSPS) is 10.1. The molecule has 0 aromatic carbocycles. The average molecular weight is 239 g/mol. The third kappa shape index (κ3) is 2.80. The van der Waals surface area contributed by atoms with Crippen LogP contribution < -0.4 is 10.2 Å². The molecule has 0 fully saturated rings. The summed E-state index contributed by atoms with van der Waals surface area (Å²) in [6, 6.07) is 0. The second kappa shape index (κ2) is 5.42. The summed E-state index contributed by atoms with van der Waals surface area (Å²) in [6.07, 6.45) is 0.894. The maximum atomic E-state index is 11.0. The molecular weight excluding hydrogens is 222 g/mol. The molecule has 0 aliphatic carbocycles. The number of aromatic nitrogens is 2. The largest absolute Gasteiger partial charge is 0.357 e. The van der Waals surface area contributed by atoms with Gasteiger partial charge in [-0.05, 0) is 13.3 Å². The zero-order valence-corrected chi connectivity index (χ0v) is 10.5. The van der Waals surface area contributed by atoms with Crippen molar-refractivity contribution in [3.05, 3.63) is 15.8 Å². The molecule has 0 spiro atoms. The Bertz CT molecular complexity index is 421. The third-order valence-corrected chi connectivity index (χ3v) is 2.37. The van der Waals surface area contributed by atoms with Crippen LogP contribution in [0.1, 0.15) is 19.0 Å². The van der Waals surface area contributed by atoms with Crippen LogP contribution in [-0.4, -0.2) is 35.5 Å². The molecule has 0 aliphatic heterocycles. The standard InChI is InChI=1S/C10H17N5O2/c1-5-6-14(4)9-8(15(16)17)7(2)12-10(11-3)13-9/h5-6H2,1-4H3,(H,11,12,13). The Morgan fingerprint density at radius 3 is 2.59 bits per heavy atom. The molecule has 1 aromatic rings. The number of aryl methyl sites for hydroxylation is 1. The zero-order chi connectivity index (χ0) is 13.0. The molecule has 0 radical (unpaired) electrons. The van der Waals surface area contributed by atoms with Crippen LogP contribution in [0.25, 0.3) is 0 Å². The van der Waals surface area contributed by atoms with Crippen LogP contribution in [0.3, 0.4) is 0 Å². The summed E-state index contributed by atoms with van der Waals surface area (Å²) in [7, 11) is 3.47. The molecular formula is C10H17N5O2. The summed E-state index contributed by atoms with van der Waals surface area (Å²) >= 11 is 0. The van der Waals surface area contributed by atoms with Gasteiger partial charge in [-0.1, -0.05) is 6.92 Å². The van der Waals surface area contributed by atoms with Gasteiger partial charge in [0.2, 0.25) is 11.8 Å². The van der Waals surface area contributed by atoms with Gasteiger partial charge >= 0.3 is 5.69 Å². The summed E-state index contributed by atoms with van der Waals surface area (Å²) < 4.78 is 0. The predicted molar refractivity (Wildman–Crippen MR) is 66.5 cm³/mol. The van der Waals surface area contributed by atoms with E-state index < -0.39 is 4.92 Å². The Morgan fingerprint density at radius 2 is 2.12 bits per heavy atom. The van der Waals surface area contributed by atoms with E-state index in [1.807, 2.05) is 6.92 Å². The van der Waals surface area contributed by atoms with E-state index in [2.05, 4.69) is 15.3 Å². The second-order valence-corrected chi connectivity index (χ2v) is 3.73. The Kier molecular flexibility index (Phi) is 4.19. The van der Waals surface area contributed by atoms with Crippen molar-refractivity contribution >= 4 is 17.5 Å². The molecule has 1 rings (SSSR count). The lowest BCUT2D eigenvalue weighted by molar-refractivity contribution is -0.385. The number of nitrogens with one attached hydrogen (secondary N) is 1. The van der Waals surface area contributed by atoms with Crippen molar-refractivity contribution in [1.82, 2.24) is 9.97 Å². The molecule has 0 amide bonds. The van der Waals surface area contributed by atoms with Gasteiger partial charge in [-0.3, -0.25) is 10.1 Å². The molecule has 1 aromatic heterocycles. The number of hydrogen-bond acceptors (Lipinski definition) is 6. The number of hydrogen-bond donors (Lipinski definition) is 1. The highest BCUT2D eigenvalue weighted by Crippen LogP contribution is 2.28. The minimum atomic E-state index is -0.434. The van der Waals surface area contributed by atoms with Crippen LogP contribution in [0.15, 0.2) is 0 Å². The molecule has 17 heavy (non-hydrogen) atoms. The lowest BCUT2D eigenvalue weighted by atomic mass is 10.3. The van der Waals surface area contributed by atoms with E-state index in [1.54, 1.807) is 25.9 Å². The zero-order valence-electron chi connectivity index (χ0n) is 10.5. The van der Waals surface area contributed by atoms with Crippen molar-refractivity contribution < 1.29 is 4.92 Å². The highest BCUT2D eigenvalue weighted by molar-refractivity contribution is 5.62. The van der Waals surface area contributed by atoms with Gasteiger partial charge in [0.15, 0.2) is 0 Å². The van der Waals surface area contributed by atoms with Gasteiger partial charge in [-0.25, -0.2) is 4.98 Å². The Morgan fingerprint density at radius 1 is 1.47 bits per heavy atom. The summed E-state index contributed by atoms with van der Waals surface area (Å²) in [4.78, 5) is 20.5. The smallest absolute Gasteiger partial charge is 0.332 e. The van der Waals surface area contributed by atoms with E-state index in [4.69, 9.17) is 0 Å². The average Bonchev–Trinajstić information content (AvgIpc) is 2.27. The molecule has 0 saturated heterocycles. The molecule has 1 N–H and O–H groups in total. The minimum Gasteiger partial charge on any atom is -0.357 e. The molecule has 0 aliphatic rings. The van der Waals surface area contributed by atoms with E-state index in [0.29, 0.717) is 24.0 Å². The van der Waals surface area contributed by atoms with Crippen LogP contribution in [0.5, 0.6) is 0 Å². The number of anilines is 2. The summed E-state index contributed by atoms with van der Waals surface area (Å²) in [6.45, 7) is 4.33. The first-order chi connectivity index (χ1) is 8.01. The molecule has 7 heteroatoms. The van der Waals surface area contributed by atoms with Gasteiger partial charge in [0.05, 0.1) is 4.92 Å². The topological polar surface area (TPSA) is 84.2 Å². The van der Waals surface area contributed by atoms with Crippen LogP contribution >= 0.6 is 0 Å². The number of rotatable bonds is 5. The van der Waals surface area contributed by atoms with Crippen molar-refractivity contribution in [3.63, 3.8) is 0 Å². The maximum absolute atomic E-state index is 11.0. The molecule has 0 unspecified atom stereocenters. The minimum absolute atomic E-state index is 0.0278. The Labute approximate surface area is 100 Å². The van der Waals surface area contributed by atoms with Gasteiger partial charge in [-0.15, -0.1) is 0 Å². The van der Waals surface area contributed by atoms with Crippen LogP contribution in [-0.2, 0) is 0 Å². The molecule has 0 atom stereocenters. The lowest BCUT2D eigenvalue weighted by Gasteiger charge is -2.18. The first-order valence-electron chi connectivity index (χ1n) is 5.43. The quantitative estimate of drug-likeness (QED) is 0.620. The van der Waals surface area contributed by atoms with Crippen molar-refractivity contribution in [1.29, 1.82) is 0 Å². The van der Waals surface area contributed by atoms with Crippen molar-refractivity contribution in [2.45, 2.75) is 20.3 Å². The SMILES string of the molecule is CCCN(C)c1nc(NC)nc(C)c1[N+](=O)[O-]. The first-order valence-corrected chi connectivity index (χ1v) is 5.43. The van der Waals surface area contributed by atoms with Gasteiger partial charge in [0, 0.05) is 20.6 Å².